The number of imidazole rings is 1. The van der Waals surface area contributed by atoms with E-state index in [0.717, 1.165) is 5.56 Å². The number of benzene rings is 1. The fraction of sp³-hybridized carbons (Fsp3) is 0. The van der Waals surface area contributed by atoms with Gasteiger partial charge in [0.25, 0.3) is 5.82 Å². The van der Waals surface area contributed by atoms with Crippen LogP contribution in [0.2, 0.25) is 0 Å². The Labute approximate surface area is 148 Å². The second kappa shape index (κ2) is 6.45. The lowest BCUT2D eigenvalue weighted by molar-refractivity contribution is -0.498. The molecule has 0 aliphatic rings. The average Bonchev–Trinajstić information content (AvgIpc) is 3.08. The lowest BCUT2D eigenvalue weighted by Crippen LogP contribution is -2.22. The van der Waals surface area contributed by atoms with Crippen LogP contribution in [0.1, 0.15) is 16.1 Å². The highest BCUT2D eigenvalue weighted by Gasteiger charge is 2.26. The maximum Gasteiger partial charge on any atom is 0.301 e. The van der Waals surface area contributed by atoms with Crippen molar-refractivity contribution in [3.8, 4) is 17.5 Å². The fourth-order valence-electron chi connectivity index (χ4n) is 2.79. The minimum Gasteiger partial charge on any atom is -0.303 e. The summed E-state index contributed by atoms with van der Waals surface area (Å²) in [6.45, 7) is 0. The van der Waals surface area contributed by atoms with Crippen molar-refractivity contribution in [3.63, 3.8) is 0 Å². The summed E-state index contributed by atoms with van der Waals surface area (Å²) in [5.41, 5.74) is 2.32. The molecular formula is C19H13N6O+. The van der Waals surface area contributed by atoms with Crippen LogP contribution < -0.4 is 9.72 Å². The minimum absolute atomic E-state index is 0.326. The molecule has 0 atom stereocenters. The van der Waals surface area contributed by atoms with Crippen molar-refractivity contribution in [1.29, 1.82) is 5.26 Å². The van der Waals surface area contributed by atoms with Crippen molar-refractivity contribution in [2.45, 2.75) is 0 Å². The molecule has 26 heavy (non-hydrogen) atoms. The number of nitrogens with zero attached hydrogens (tertiary/aromatic N) is 4. The largest absolute Gasteiger partial charge is 0.303 e. The Morgan fingerprint density at radius 2 is 2.00 bits per heavy atom. The highest BCUT2D eigenvalue weighted by molar-refractivity contribution is 6.06. The van der Waals surface area contributed by atoms with Gasteiger partial charge in [0.2, 0.25) is 5.69 Å². The molecule has 0 aliphatic carbocycles. The van der Waals surface area contributed by atoms with E-state index < -0.39 is 0 Å². The quantitative estimate of drug-likeness (QED) is 0.559. The van der Waals surface area contributed by atoms with E-state index in [1.165, 1.54) is 6.33 Å². The van der Waals surface area contributed by atoms with Gasteiger partial charge in [-0.3, -0.25) is 4.79 Å². The highest BCUT2D eigenvalue weighted by atomic mass is 16.2. The van der Waals surface area contributed by atoms with Crippen LogP contribution in [-0.2, 0) is 0 Å². The van der Waals surface area contributed by atoms with Gasteiger partial charge in [0.15, 0.2) is 5.52 Å². The fourth-order valence-corrected chi connectivity index (χ4v) is 2.79. The summed E-state index contributed by atoms with van der Waals surface area (Å²) in [6, 6.07) is 16.6. The first-order valence-electron chi connectivity index (χ1n) is 7.87. The van der Waals surface area contributed by atoms with Gasteiger partial charge >= 0.3 is 5.91 Å². The molecule has 0 fully saturated rings. The Hall–Kier alpha value is -4.05. The third kappa shape index (κ3) is 2.65. The van der Waals surface area contributed by atoms with E-state index in [1.807, 2.05) is 40.9 Å². The first kappa shape index (κ1) is 15.5. The molecule has 0 bridgehead atoms. The third-order valence-electron chi connectivity index (χ3n) is 3.95. The molecule has 0 saturated heterocycles. The number of hydrogen-bond acceptors (Lipinski definition) is 4. The number of carbonyl (C=O) groups is 1. The summed E-state index contributed by atoms with van der Waals surface area (Å²) in [6.07, 6.45) is 4.77. The van der Waals surface area contributed by atoms with Gasteiger partial charge in [0, 0.05) is 6.20 Å². The Balaban J connectivity index is 1.85. The predicted molar refractivity (Wildman–Crippen MR) is 94.1 cm³/mol. The van der Waals surface area contributed by atoms with Crippen LogP contribution in [0.4, 0.5) is 5.82 Å². The zero-order chi connectivity index (χ0) is 17.9. The van der Waals surface area contributed by atoms with Crippen molar-refractivity contribution in [2.24, 2.45) is 0 Å². The van der Waals surface area contributed by atoms with Gasteiger partial charge in [-0.1, -0.05) is 18.2 Å². The molecule has 4 rings (SSSR count). The molecule has 7 nitrogen and oxygen atoms in total. The molecule has 3 aromatic heterocycles. The number of nitrogens with one attached hydrogen (secondary N) is 2. The number of rotatable bonds is 3. The van der Waals surface area contributed by atoms with Crippen molar-refractivity contribution >= 4 is 17.2 Å². The van der Waals surface area contributed by atoms with E-state index in [4.69, 9.17) is 0 Å². The van der Waals surface area contributed by atoms with E-state index in [2.05, 4.69) is 26.3 Å². The van der Waals surface area contributed by atoms with Gasteiger partial charge in [-0.05, 0) is 30.3 Å². The number of anilines is 1. The second-order valence-electron chi connectivity index (χ2n) is 5.51. The topological polar surface area (TPSA) is 98.6 Å². The van der Waals surface area contributed by atoms with Crippen LogP contribution in [0.15, 0.2) is 67.3 Å². The predicted octanol–water partition coefficient (Wildman–Crippen LogP) is 2.33. The van der Waals surface area contributed by atoms with Gasteiger partial charge in [-0.15, -0.1) is 0 Å². The van der Waals surface area contributed by atoms with Crippen molar-refractivity contribution < 1.29 is 9.20 Å². The molecule has 3 heterocycles. The maximum atomic E-state index is 12.7. The number of aromatic amines is 1. The number of carbonyl (C=O) groups excluding carboxylic acids is 1. The molecule has 1 amide bonds. The number of pyridine rings is 1. The average molecular weight is 341 g/mol. The summed E-state index contributed by atoms with van der Waals surface area (Å²) < 4.78 is 1.85. The maximum absolute atomic E-state index is 12.7. The number of fused-ring (bicyclic) bond motifs is 1. The molecule has 124 valence electrons. The van der Waals surface area contributed by atoms with E-state index in [9.17, 15) is 10.1 Å². The van der Waals surface area contributed by atoms with E-state index in [0.29, 0.717) is 28.4 Å². The number of H-pyrrole nitrogens is 1. The molecule has 0 unspecified atom stereocenters. The lowest BCUT2D eigenvalue weighted by Gasteiger charge is -1.99. The number of aromatic nitrogens is 4. The van der Waals surface area contributed by atoms with Gasteiger partial charge in [-0.2, -0.15) is 9.66 Å². The van der Waals surface area contributed by atoms with E-state index in [1.54, 1.807) is 24.4 Å². The first-order valence-corrected chi connectivity index (χ1v) is 7.87. The molecular weight excluding hydrogens is 328 g/mol. The summed E-state index contributed by atoms with van der Waals surface area (Å²) in [5, 5.41) is 12.1. The Bertz CT molecular complexity index is 1140. The SMILES string of the molecule is N#Cc1ccccc1-c1[nH]c(C(=O)Nc2ccncn2)c2cccc[n+]12. The van der Waals surface area contributed by atoms with Crippen LogP contribution in [0.5, 0.6) is 0 Å². The van der Waals surface area contributed by atoms with Gasteiger partial charge in [0.05, 0.1) is 17.3 Å². The summed E-state index contributed by atoms with van der Waals surface area (Å²) in [5.74, 6) is 0.742. The summed E-state index contributed by atoms with van der Waals surface area (Å²) in [4.78, 5) is 23.7. The number of amides is 1. The molecule has 0 radical (unpaired) electrons. The minimum atomic E-state index is -0.326. The Morgan fingerprint density at radius 3 is 2.81 bits per heavy atom. The molecule has 4 aromatic rings. The molecule has 0 saturated carbocycles. The summed E-state index contributed by atoms with van der Waals surface area (Å²) >= 11 is 0. The van der Waals surface area contributed by atoms with Crippen LogP contribution in [0.3, 0.4) is 0 Å². The number of hydrogen-bond donors (Lipinski definition) is 2. The molecule has 2 N–H and O–H groups in total. The van der Waals surface area contributed by atoms with Crippen LogP contribution in [0.25, 0.3) is 16.9 Å². The van der Waals surface area contributed by atoms with Crippen LogP contribution >= 0.6 is 0 Å². The number of nitriles is 1. The van der Waals surface area contributed by atoms with E-state index >= 15 is 0 Å². The zero-order valence-corrected chi connectivity index (χ0v) is 13.5. The lowest BCUT2D eigenvalue weighted by atomic mass is 10.1. The zero-order valence-electron chi connectivity index (χ0n) is 13.5. The highest BCUT2D eigenvalue weighted by Crippen LogP contribution is 2.21. The van der Waals surface area contributed by atoms with Gasteiger partial charge in [0.1, 0.15) is 18.2 Å². The van der Waals surface area contributed by atoms with Crippen molar-refractivity contribution in [3.05, 3.63) is 78.5 Å². The standard InChI is InChI=1S/C19H12N6O/c20-11-13-5-1-2-6-14(13)18-24-17(15-7-3-4-10-25(15)18)19(26)23-16-8-9-21-12-22-16/h1-10,12H,(H,21,22,23,26)/p+1. The smallest absolute Gasteiger partial charge is 0.301 e. The first-order chi connectivity index (χ1) is 12.8. The van der Waals surface area contributed by atoms with E-state index in [-0.39, 0.29) is 5.91 Å². The summed E-state index contributed by atoms with van der Waals surface area (Å²) in [7, 11) is 0. The second-order valence-corrected chi connectivity index (χ2v) is 5.51. The Morgan fingerprint density at radius 1 is 1.15 bits per heavy atom. The van der Waals surface area contributed by atoms with Crippen molar-refractivity contribution in [2.75, 3.05) is 5.32 Å². The molecule has 0 aliphatic heterocycles. The monoisotopic (exact) mass is 341 g/mol. The molecule has 1 aromatic carbocycles. The van der Waals surface area contributed by atoms with Crippen molar-refractivity contribution in [1.82, 2.24) is 15.0 Å². The van der Waals surface area contributed by atoms with Gasteiger partial charge in [-0.25, -0.2) is 15.0 Å². The molecule has 0 spiro atoms. The normalized spacial score (nSPS) is 10.4. The van der Waals surface area contributed by atoms with Crippen LogP contribution in [-0.4, -0.2) is 20.9 Å². The van der Waals surface area contributed by atoms with Crippen LogP contribution in [0, 0.1) is 11.3 Å². The third-order valence-corrected chi connectivity index (χ3v) is 3.95. The molecule has 7 heteroatoms. The Kier molecular flexibility index (Phi) is 3.84. The van der Waals surface area contributed by atoms with Gasteiger partial charge < -0.3 is 5.32 Å².